The van der Waals surface area contributed by atoms with E-state index in [0.29, 0.717) is 12.1 Å². The largest absolute Gasteiger partial charge is 0.349 e. The Morgan fingerprint density at radius 2 is 2.13 bits per heavy atom. The lowest BCUT2D eigenvalue weighted by molar-refractivity contribution is -0.136. The van der Waals surface area contributed by atoms with Gasteiger partial charge in [0.05, 0.1) is 0 Å². The Kier molecular flexibility index (Phi) is 4.41. The minimum Gasteiger partial charge on any atom is -0.349 e. The number of likely N-dealkylation sites (tertiary alicyclic amines) is 1. The highest BCUT2D eigenvalue weighted by atomic mass is 19.2. The van der Waals surface area contributed by atoms with E-state index in [1.54, 1.807) is 17.0 Å². The van der Waals surface area contributed by atoms with Gasteiger partial charge >= 0.3 is 0 Å². The third-order valence-electron chi connectivity index (χ3n) is 5.54. The number of nitrogens with zero attached hydrogens (tertiary/aromatic N) is 2. The molecule has 1 aliphatic carbocycles. The Labute approximate surface area is 136 Å². The summed E-state index contributed by atoms with van der Waals surface area (Å²) in [6.07, 6.45) is 4.04. The fourth-order valence-electron chi connectivity index (χ4n) is 4.35. The number of hydrogen-bond donors (Lipinski definition) is 0. The molecule has 23 heavy (non-hydrogen) atoms. The van der Waals surface area contributed by atoms with Crippen molar-refractivity contribution in [2.24, 2.45) is 11.3 Å². The molecule has 1 aromatic carbocycles. The SMILES string of the molecule is CN(C)C(=O)[C@@H]1CCC[C@]12CCN(Cc1cccc(F)c1F)C2. The van der Waals surface area contributed by atoms with E-state index >= 15 is 0 Å². The molecule has 1 saturated heterocycles. The van der Waals surface area contributed by atoms with E-state index in [2.05, 4.69) is 4.90 Å². The molecular formula is C18H24F2N2O. The molecule has 126 valence electrons. The fourth-order valence-corrected chi connectivity index (χ4v) is 4.35. The van der Waals surface area contributed by atoms with Gasteiger partial charge in [-0.25, -0.2) is 8.78 Å². The zero-order chi connectivity index (χ0) is 16.6. The number of halogens is 2. The normalized spacial score (nSPS) is 27.7. The van der Waals surface area contributed by atoms with E-state index in [1.807, 2.05) is 14.1 Å². The molecule has 3 rings (SSSR count). The summed E-state index contributed by atoms with van der Waals surface area (Å²) < 4.78 is 27.2. The van der Waals surface area contributed by atoms with Gasteiger partial charge in [0.1, 0.15) is 0 Å². The number of hydrogen-bond acceptors (Lipinski definition) is 2. The number of carbonyl (C=O) groups is 1. The molecule has 1 spiro atoms. The van der Waals surface area contributed by atoms with Crippen molar-refractivity contribution in [2.75, 3.05) is 27.2 Å². The maximum Gasteiger partial charge on any atom is 0.225 e. The lowest BCUT2D eigenvalue weighted by Gasteiger charge is -2.32. The first-order valence-corrected chi connectivity index (χ1v) is 8.29. The predicted octanol–water partition coefficient (Wildman–Crippen LogP) is 3.05. The lowest BCUT2D eigenvalue weighted by Crippen LogP contribution is -2.40. The molecule has 2 aliphatic rings. The quantitative estimate of drug-likeness (QED) is 0.854. The van der Waals surface area contributed by atoms with Crippen molar-refractivity contribution >= 4 is 5.91 Å². The molecule has 1 heterocycles. The molecule has 1 amide bonds. The van der Waals surface area contributed by atoms with Crippen LogP contribution in [0, 0.1) is 23.0 Å². The van der Waals surface area contributed by atoms with Crippen molar-refractivity contribution in [2.45, 2.75) is 32.2 Å². The minimum atomic E-state index is -0.794. The molecule has 1 aliphatic heterocycles. The third-order valence-corrected chi connectivity index (χ3v) is 5.54. The van der Waals surface area contributed by atoms with Crippen LogP contribution < -0.4 is 0 Å². The van der Waals surface area contributed by atoms with Gasteiger partial charge in [-0.3, -0.25) is 9.69 Å². The van der Waals surface area contributed by atoms with Gasteiger partial charge in [0, 0.05) is 38.7 Å². The van der Waals surface area contributed by atoms with Crippen LogP contribution in [0.4, 0.5) is 8.78 Å². The first-order chi connectivity index (χ1) is 10.9. The van der Waals surface area contributed by atoms with Gasteiger partial charge in [0.2, 0.25) is 5.91 Å². The van der Waals surface area contributed by atoms with Crippen LogP contribution in [-0.4, -0.2) is 42.9 Å². The summed E-state index contributed by atoms with van der Waals surface area (Å²) >= 11 is 0. The van der Waals surface area contributed by atoms with Crippen LogP contribution >= 0.6 is 0 Å². The Bertz CT molecular complexity index is 605. The lowest BCUT2D eigenvalue weighted by atomic mass is 9.76. The number of benzene rings is 1. The predicted molar refractivity (Wildman–Crippen MR) is 84.7 cm³/mol. The summed E-state index contributed by atoms with van der Waals surface area (Å²) in [5.41, 5.74) is 0.418. The highest BCUT2D eigenvalue weighted by Gasteiger charge is 2.50. The van der Waals surface area contributed by atoms with Gasteiger partial charge in [-0.05, 0) is 37.3 Å². The van der Waals surface area contributed by atoms with Crippen molar-refractivity contribution in [1.29, 1.82) is 0 Å². The smallest absolute Gasteiger partial charge is 0.225 e. The van der Waals surface area contributed by atoms with Gasteiger partial charge in [0.15, 0.2) is 11.6 Å². The van der Waals surface area contributed by atoms with E-state index in [1.165, 1.54) is 0 Å². The Hall–Kier alpha value is -1.49. The molecular weight excluding hydrogens is 298 g/mol. The van der Waals surface area contributed by atoms with Crippen LogP contribution in [0.1, 0.15) is 31.2 Å². The van der Waals surface area contributed by atoms with E-state index in [0.717, 1.165) is 44.8 Å². The topological polar surface area (TPSA) is 23.6 Å². The van der Waals surface area contributed by atoms with Crippen LogP contribution in [0.2, 0.25) is 0 Å². The van der Waals surface area contributed by atoms with Crippen molar-refractivity contribution in [3.8, 4) is 0 Å². The Balaban J connectivity index is 1.72. The average Bonchev–Trinajstić information content (AvgIpc) is 3.11. The fraction of sp³-hybridized carbons (Fsp3) is 0.611. The second-order valence-electron chi connectivity index (χ2n) is 7.21. The van der Waals surface area contributed by atoms with E-state index in [9.17, 15) is 13.6 Å². The number of carbonyl (C=O) groups excluding carboxylic acids is 1. The van der Waals surface area contributed by atoms with Crippen molar-refractivity contribution < 1.29 is 13.6 Å². The second kappa shape index (κ2) is 6.19. The third kappa shape index (κ3) is 2.99. The zero-order valence-electron chi connectivity index (χ0n) is 13.8. The molecule has 2 fully saturated rings. The molecule has 0 aromatic heterocycles. The molecule has 0 bridgehead atoms. The first kappa shape index (κ1) is 16.4. The maximum atomic E-state index is 13.9. The molecule has 1 saturated carbocycles. The standard InChI is InChI=1S/C18H24F2N2O/c1-21(2)17(23)14-6-4-8-18(14)9-10-22(12-18)11-13-5-3-7-15(19)16(13)20/h3,5,7,14H,4,6,8-12H2,1-2H3/t14-,18+/m0/s1. The summed E-state index contributed by atoms with van der Waals surface area (Å²) in [6.45, 7) is 2.05. The Morgan fingerprint density at radius 3 is 2.87 bits per heavy atom. The highest BCUT2D eigenvalue weighted by Crippen LogP contribution is 2.50. The zero-order valence-corrected chi connectivity index (χ0v) is 13.8. The maximum absolute atomic E-state index is 13.9. The van der Waals surface area contributed by atoms with Gasteiger partial charge in [-0.1, -0.05) is 18.6 Å². The summed E-state index contributed by atoms with van der Waals surface area (Å²) in [6, 6.07) is 4.33. The van der Waals surface area contributed by atoms with E-state index < -0.39 is 11.6 Å². The average molecular weight is 322 g/mol. The van der Waals surface area contributed by atoms with E-state index in [4.69, 9.17) is 0 Å². The van der Waals surface area contributed by atoms with Crippen molar-refractivity contribution in [3.05, 3.63) is 35.4 Å². The van der Waals surface area contributed by atoms with Crippen LogP contribution in [0.5, 0.6) is 0 Å². The van der Waals surface area contributed by atoms with Gasteiger partial charge in [-0.15, -0.1) is 0 Å². The van der Waals surface area contributed by atoms with Crippen LogP contribution in [0.15, 0.2) is 18.2 Å². The number of rotatable bonds is 3. The summed E-state index contributed by atoms with van der Waals surface area (Å²) in [5.74, 6) is -1.26. The first-order valence-electron chi connectivity index (χ1n) is 8.29. The van der Waals surface area contributed by atoms with E-state index in [-0.39, 0.29) is 17.2 Å². The van der Waals surface area contributed by atoms with Crippen molar-refractivity contribution in [3.63, 3.8) is 0 Å². The van der Waals surface area contributed by atoms with Crippen LogP contribution in [0.25, 0.3) is 0 Å². The van der Waals surface area contributed by atoms with Gasteiger partial charge < -0.3 is 4.90 Å². The molecule has 0 unspecified atom stereocenters. The van der Waals surface area contributed by atoms with Gasteiger partial charge in [-0.2, -0.15) is 0 Å². The highest BCUT2D eigenvalue weighted by molar-refractivity contribution is 5.79. The van der Waals surface area contributed by atoms with Crippen molar-refractivity contribution in [1.82, 2.24) is 9.80 Å². The summed E-state index contributed by atoms with van der Waals surface area (Å²) in [5, 5.41) is 0. The van der Waals surface area contributed by atoms with Gasteiger partial charge in [0.25, 0.3) is 0 Å². The molecule has 1 aromatic rings. The molecule has 2 atom stereocenters. The molecule has 3 nitrogen and oxygen atoms in total. The Morgan fingerprint density at radius 1 is 1.35 bits per heavy atom. The summed E-state index contributed by atoms with van der Waals surface area (Å²) in [4.78, 5) is 16.3. The van der Waals surface area contributed by atoms with Crippen LogP contribution in [0.3, 0.4) is 0 Å². The molecule has 0 N–H and O–H groups in total. The van der Waals surface area contributed by atoms with Crippen LogP contribution in [-0.2, 0) is 11.3 Å². The minimum absolute atomic E-state index is 0.0190. The summed E-state index contributed by atoms with van der Waals surface area (Å²) in [7, 11) is 3.62. The number of amides is 1. The monoisotopic (exact) mass is 322 g/mol. The molecule has 5 heteroatoms. The second-order valence-corrected chi connectivity index (χ2v) is 7.21. The molecule has 0 radical (unpaired) electrons.